The van der Waals surface area contributed by atoms with Gasteiger partial charge < -0.3 is 20.5 Å². The predicted octanol–water partition coefficient (Wildman–Crippen LogP) is 2.66. The van der Waals surface area contributed by atoms with Crippen LogP contribution >= 0.6 is 24.8 Å². The molecule has 1 saturated carbocycles. The van der Waals surface area contributed by atoms with Crippen LogP contribution in [0.1, 0.15) is 37.7 Å². The van der Waals surface area contributed by atoms with E-state index in [0.717, 1.165) is 25.3 Å². The van der Waals surface area contributed by atoms with Gasteiger partial charge in [0.05, 0.1) is 12.7 Å². The van der Waals surface area contributed by atoms with E-state index in [1.807, 2.05) is 0 Å². The third kappa shape index (κ3) is 4.77. The molecule has 1 aliphatic heterocycles. The number of methoxy groups -OCH3 is 1. The minimum Gasteiger partial charge on any atom is -0.497 e. The van der Waals surface area contributed by atoms with Crippen LogP contribution in [0.5, 0.6) is 5.75 Å². The molecule has 4 nitrogen and oxygen atoms in total. The second kappa shape index (κ2) is 9.25. The lowest BCUT2D eigenvalue weighted by Crippen LogP contribution is -2.46. The van der Waals surface area contributed by atoms with E-state index in [0.29, 0.717) is 13.1 Å². The number of ether oxygens (including phenoxy) is 1. The van der Waals surface area contributed by atoms with Crippen molar-refractivity contribution in [2.24, 2.45) is 0 Å². The standard InChI is InChI=1S/C18H28N2O2.2ClH/c1-22-16-6-4-15(5-7-16)17(8-2-3-9-17)12-20-14-18(21)10-11-19-13-18;;/h4-7,19-21H,2-3,8-14H2,1H3;2*1H. The van der Waals surface area contributed by atoms with Gasteiger partial charge in [0.15, 0.2) is 0 Å². The van der Waals surface area contributed by atoms with Crippen molar-refractivity contribution in [2.75, 3.05) is 33.3 Å². The van der Waals surface area contributed by atoms with Crippen molar-refractivity contribution >= 4 is 24.8 Å². The molecular weight excluding hydrogens is 347 g/mol. The van der Waals surface area contributed by atoms with Gasteiger partial charge in [-0.25, -0.2) is 0 Å². The van der Waals surface area contributed by atoms with E-state index >= 15 is 0 Å². The van der Waals surface area contributed by atoms with E-state index in [4.69, 9.17) is 4.74 Å². The molecule has 0 spiro atoms. The topological polar surface area (TPSA) is 53.5 Å². The molecule has 0 amide bonds. The summed E-state index contributed by atoms with van der Waals surface area (Å²) in [5, 5.41) is 17.2. The fourth-order valence-electron chi connectivity index (χ4n) is 3.98. The molecular formula is C18H30Cl2N2O2. The number of aliphatic hydroxyl groups is 1. The maximum absolute atomic E-state index is 10.4. The van der Waals surface area contributed by atoms with Crippen LogP contribution in [0.4, 0.5) is 0 Å². The van der Waals surface area contributed by atoms with E-state index in [1.54, 1.807) is 7.11 Å². The summed E-state index contributed by atoms with van der Waals surface area (Å²) in [7, 11) is 1.71. The zero-order chi connectivity index (χ0) is 15.5. The Morgan fingerprint density at radius 2 is 1.75 bits per heavy atom. The summed E-state index contributed by atoms with van der Waals surface area (Å²) in [4.78, 5) is 0. The molecule has 0 aromatic heterocycles. The maximum atomic E-state index is 10.4. The van der Waals surface area contributed by atoms with Crippen molar-refractivity contribution in [3.05, 3.63) is 29.8 Å². The molecule has 1 aromatic rings. The van der Waals surface area contributed by atoms with Crippen LogP contribution in [-0.4, -0.2) is 44.0 Å². The van der Waals surface area contributed by atoms with Crippen LogP contribution in [0, 0.1) is 0 Å². The van der Waals surface area contributed by atoms with E-state index in [9.17, 15) is 5.11 Å². The SMILES string of the molecule is COc1ccc(C2(CNCC3(O)CCNC3)CCCC2)cc1.Cl.Cl. The fraction of sp³-hybridized carbons (Fsp3) is 0.667. The van der Waals surface area contributed by atoms with E-state index in [2.05, 4.69) is 34.9 Å². The number of hydrogen-bond donors (Lipinski definition) is 3. The summed E-state index contributed by atoms with van der Waals surface area (Å²) < 4.78 is 5.27. The van der Waals surface area contributed by atoms with Crippen LogP contribution in [0.2, 0.25) is 0 Å². The van der Waals surface area contributed by atoms with Crippen LogP contribution < -0.4 is 15.4 Å². The molecule has 2 fully saturated rings. The van der Waals surface area contributed by atoms with E-state index in [1.165, 1.54) is 31.2 Å². The van der Waals surface area contributed by atoms with Crippen LogP contribution in [0.25, 0.3) is 0 Å². The van der Waals surface area contributed by atoms with Gasteiger partial charge in [-0.05, 0) is 43.5 Å². The molecule has 1 aromatic carbocycles. The van der Waals surface area contributed by atoms with Crippen molar-refractivity contribution < 1.29 is 9.84 Å². The average molecular weight is 377 g/mol. The van der Waals surface area contributed by atoms with Crippen molar-refractivity contribution in [3.63, 3.8) is 0 Å². The van der Waals surface area contributed by atoms with Crippen molar-refractivity contribution in [3.8, 4) is 5.75 Å². The molecule has 2 aliphatic rings. The first kappa shape index (κ1) is 21.5. The van der Waals surface area contributed by atoms with Crippen LogP contribution in [0.15, 0.2) is 24.3 Å². The Morgan fingerprint density at radius 1 is 1.08 bits per heavy atom. The molecule has 3 N–H and O–H groups in total. The van der Waals surface area contributed by atoms with Gasteiger partial charge in [0.2, 0.25) is 0 Å². The third-order valence-electron chi connectivity index (χ3n) is 5.40. The molecule has 138 valence electrons. The normalized spacial score (nSPS) is 24.9. The first-order valence-electron chi connectivity index (χ1n) is 8.44. The summed E-state index contributed by atoms with van der Waals surface area (Å²) in [5.74, 6) is 0.913. The highest BCUT2D eigenvalue weighted by Crippen LogP contribution is 2.41. The molecule has 0 radical (unpaired) electrons. The molecule has 1 unspecified atom stereocenters. The highest BCUT2D eigenvalue weighted by molar-refractivity contribution is 5.85. The summed E-state index contributed by atoms with van der Waals surface area (Å²) in [6.45, 7) is 3.25. The molecule has 1 atom stereocenters. The molecule has 1 saturated heterocycles. The Labute approximate surface area is 157 Å². The first-order valence-corrected chi connectivity index (χ1v) is 8.44. The molecule has 0 bridgehead atoms. The second-order valence-electron chi connectivity index (χ2n) is 6.97. The lowest BCUT2D eigenvalue weighted by atomic mass is 9.78. The molecule has 24 heavy (non-hydrogen) atoms. The minimum atomic E-state index is -0.570. The van der Waals surface area contributed by atoms with E-state index < -0.39 is 5.60 Å². The highest BCUT2D eigenvalue weighted by atomic mass is 35.5. The van der Waals surface area contributed by atoms with Crippen LogP contribution in [0.3, 0.4) is 0 Å². The number of nitrogens with one attached hydrogen (secondary N) is 2. The Balaban J connectivity index is 0.00000144. The number of rotatable bonds is 6. The van der Waals surface area contributed by atoms with Gasteiger partial charge in [-0.15, -0.1) is 24.8 Å². The van der Waals surface area contributed by atoms with Crippen molar-refractivity contribution in [2.45, 2.75) is 43.1 Å². The smallest absolute Gasteiger partial charge is 0.118 e. The van der Waals surface area contributed by atoms with E-state index in [-0.39, 0.29) is 30.2 Å². The summed E-state index contributed by atoms with van der Waals surface area (Å²) in [6.07, 6.45) is 5.88. The fourth-order valence-corrected chi connectivity index (χ4v) is 3.98. The zero-order valence-electron chi connectivity index (χ0n) is 14.3. The van der Waals surface area contributed by atoms with Gasteiger partial charge in [0, 0.05) is 25.0 Å². The largest absolute Gasteiger partial charge is 0.497 e. The first-order chi connectivity index (χ1) is 10.7. The minimum absolute atomic E-state index is 0. The lowest BCUT2D eigenvalue weighted by molar-refractivity contribution is 0.0596. The Kier molecular flexibility index (Phi) is 8.30. The molecule has 1 heterocycles. The second-order valence-corrected chi connectivity index (χ2v) is 6.97. The summed E-state index contributed by atoms with van der Waals surface area (Å²) in [6, 6.07) is 8.53. The van der Waals surface area contributed by atoms with Gasteiger partial charge in [0.1, 0.15) is 5.75 Å². The predicted molar refractivity (Wildman–Crippen MR) is 103 cm³/mol. The van der Waals surface area contributed by atoms with Gasteiger partial charge in [-0.3, -0.25) is 0 Å². The summed E-state index contributed by atoms with van der Waals surface area (Å²) >= 11 is 0. The number of hydrogen-bond acceptors (Lipinski definition) is 4. The molecule has 1 aliphatic carbocycles. The van der Waals surface area contributed by atoms with Gasteiger partial charge >= 0.3 is 0 Å². The number of halogens is 2. The summed E-state index contributed by atoms with van der Waals surface area (Å²) in [5.41, 5.74) is 1.05. The average Bonchev–Trinajstić information content (AvgIpc) is 3.18. The zero-order valence-corrected chi connectivity index (χ0v) is 16.0. The monoisotopic (exact) mass is 376 g/mol. The van der Waals surface area contributed by atoms with Gasteiger partial charge in [-0.1, -0.05) is 25.0 Å². The Bertz CT molecular complexity index is 484. The Hall–Kier alpha value is -0.520. The van der Waals surface area contributed by atoms with Crippen molar-refractivity contribution in [1.29, 1.82) is 0 Å². The third-order valence-corrected chi connectivity index (χ3v) is 5.40. The number of β-amino-alcohol motifs (C(OH)–C–C–N with tert-alkyl or cyclic N) is 1. The molecule has 3 rings (SSSR count). The number of benzene rings is 1. The Morgan fingerprint density at radius 3 is 2.29 bits per heavy atom. The molecule has 6 heteroatoms. The highest BCUT2D eigenvalue weighted by Gasteiger charge is 2.37. The van der Waals surface area contributed by atoms with Gasteiger partial charge in [0.25, 0.3) is 0 Å². The van der Waals surface area contributed by atoms with Crippen molar-refractivity contribution in [1.82, 2.24) is 10.6 Å². The lowest BCUT2D eigenvalue weighted by Gasteiger charge is -2.32. The van der Waals surface area contributed by atoms with Gasteiger partial charge in [-0.2, -0.15) is 0 Å². The quantitative estimate of drug-likeness (QED) is 0.714. The maximum Gasteiger partial charge on any atom is 0.118 e. The van der Waals surface area contributed by atoms with Crippen LogP contribution in [-0.2, 0) is 5.41 Å².